The summed E-state index contributed by atoms with van der Waals surface area (Å²) in [6.45, 7) is 10.2. The van der Waals surface area contributed by atoms with Gasteiger partial charge in [-0.1, -0.05) is 30.9 Å². The lowest BCUT2D eigenvalue weighted by Crippen LogP contribution is -2.48. The lowest BCUT2D eigenvalue weighted by Gasteiger charge is -2.33. The van der Waals surface area contributed by atoms with Crippen LogP contribution < -0.4 is 0 Å². The number of hydrogen-bond donors (Lipinski definition) is 0. The SMILES string of the molecule is CC(=O)OC1(OC(C)=O)C=C([Si](C)(C)C)C=C(C)C1=O. The van der Waals surface area contributed by atoms with Crippen LogP contribution in [0.1, 0.15) is 20.8 Å². The summed E-state index contributed by atoms with van der Waals surface area (Å²) in [5, 5.41) is 0.900. The summed E-state index contributed by atoms with van der Waals surface area (Å²) in [7, 11) is -1.77. The van der Waals surface area contributed by atoms with Crippen molar-refractivity contribution in [2.45, 2.75) is 46.2 Å². The van der Waals surface area contributed by atoms with Crippen molar-refractivity contribution in [2.75, 3.05) is 0 Å². The highest BCUT2D eigenvalue weighted by Gasteiger charge is 2.47. The van der Waals surface area contributed by atoms with E-state index in [9.17, 15) is 14.4 Å². The molecular weight excluding hydrogens is 276 g/mol. The van der Waals surface area contributed by atoms with Crippen LogP contribution in [0.4, 0.5) is 0 Å². The van der Waals surface area contributed by atoms with Gasteiger partial charge in [-0.2, -0.15) is 0 Å². The Bertz CT molecular complexity index is 506. The number of esters is 2. The molecule has 0 N–H and O–H groups in total. The van der Waals surface area contributed by atoms with Crippen LogP contribution in [-0.4, -0.2) is 31.6 Å². The Morgan fingerprint density at radius 3 is 1.90 bits per heavy atom. The van der Waals surface area contributed by atoms with E-state index in [4.69, 9.17) is 9.47 Å². The van der Waals surface area contributed by atoms with E-state index in [1.807, 2.05) is 0 Å². The van der Waals surface area contributed by atoms with E-state index in [0.29, 0.717) is 5.57 Å². The summed E-state index contributed by atoms with van der Waals surface area (Å²) >= 11 is 0. The minimum absolute atomic E-state index is 0.410. The molecule has 1 rings (SSSR count). The zero-order chi connectivity index (χ0) is 15.7. The first-order valence-electron chi connectivity index (χ1n) is 6.33. The molecule has 0 atom stereocenters. The summed E-state index contributed by atoms with van der Waals surface area (Å²) < 4.78 is 10.1. The fourth-order valence-electron chi connectivity index (χ4n) is 1.92. The van der Waals surface area contributed by atoms with Gasteiger partial charge in [-0.25, -0.2) is 0 Å². The van der Waals surface area contributed by atoms with Gasteiger partial charge in [0.2, 0.25) is 5.78 Å². The van der Waals surface area contributed by atoms with Crippen molar-refractivity contribution in [3.05, 3.63) is 22.9 Å². The quantitative estimate of drug-likeness (QED) is 0.453. The van der Waals surface area contributed by atoms with Crippen LogP contribution in [0.3, 0.4) is 0 Å². The molecule has 0 saturated carbocycles. The van der Waals surface area contributed by atoms with Crippen LogP contribution in [0.5, 0.6) is 0 Å². The Hall–Kier alpha value is -1.69. The van der Waals surface area contributed by atoms with Crippen molar-refractivity contribution in [3.63, 3.8) is 0 Å². The molecule has 0 amide bonds. The molecule has 0 saturated heterocycles. The Morgan fingerprint density at radius 1 is 1.10 bits per heavy atom. The van der Waals surface area contributed by atoms with Crippen molar-refractivity contribution in [3.8, 4) is 0 Å². The average molecular weight is 296 g/mol. The van der Waals surface area contributed by atoms with Crippen molar-refractivity contribution in [2.24, 2.45) is 0 Å². The smallest absolute Gasteiger partial charge is 0.341 e. The highest BCUT2D eigenvalue weighted by Crippen LogP contribution is 2.32. The van der Waals surface area contributed by atoms with E-state index in [-0.39, 0.29) is 0 Å². The largest absolute Gasteiger partial charge is 0.411 e. The Morgan fingerprint density at radius 2 is 1.55 bits per heavy atom. The predicted molar refractivity (Wildman–Crippen MR) is 76.5 cm³/mol. The van der Waals surface area contributed by atoms with Gasteiger partial charge in [0, 0.05) is 25.5 Å². The van der Waals surface area contributed by atoms with Gasteiger partial charge in [0.15, 0.2) is 0 Å². The van der Waals surface area contributed by atoms with Gasteiger partial charge < -0.3 is 9.47 Å². The van der Waals surface area contributed by atoms with E-state index >= 15 is 0 Å². The molecule has 0 unspecified atom stereocenters. The van der Waals surface area contributed by atoms with E-state index in [2.05, 4.69) is 19.6 Å². The van der Waals surface area contributed by atoms with E-state index in [0.717, 1.165) is 5.20 Å². The maximum Gasteiger partial charge on any atom is 0.341 e. The Labute approximate surface area is 119 Å². The third kappa shape index (κ3) is 3.44. The molecule has 6 heteroatoms. The molecule has 110 valence electrons. The number of allylic oxidation sites excluding steroid dienone is 2. The third-order valence-corrected chi connectivity index (χ3v) is 4.87. The van der Waals surface area contributed by atoms with E-state index in [1.54, 1.807) is 13.0 Å². The number of ether oxygens (including phenoxy) is 2. The first-order chi connectivity index (χ1) is 8.98. The summed E-state index contributed by atoms with van der Waals surface area (Å²) in [6.07, 6.45) is 3.25. The van der Waals surface area contributed by atoms with Crippen LogP contribution >= 0.6 is 0 Å². The average Bonchev–Trinajstić information content (AvgIpc) is 2.21. The molecule has 20 heavy (non-hydrogen) atoms. The molecule has 0 aromatic carbocycles. The molecule has 0 bridgehead atoms. The standard InChI is InChI=1S/C14H20O5Si/c1-9-7-12(20(4,5)6)8-14(13(9)17,18-10(2)15)19-11(3)16/h7-8H,1-6H3. The lowest BCUT2D eigenvalue weighted by atomic mass is 9.98. The molecule has 0 fully saturated rings. The number of carbonyl (C=O) groups is 3. The maximum atomic E-state index is 12.3. The minimum atomic E-state index is -1.95. The number of hydrogen-bond acceptors (Lipinski definition) is 5. The van der Waals surface area contributed by atoms with Gasteiger partial charge in [0.05, 0.1) is 8.07 Å². The number of Topliss-reactive ketones (excluding diaryl/α,β-unsaturated/α-hetero) is 1. The highest BCUT2D eigenvalue weighted by atomic mass is 28.3. The van der Waals surface area contributed by atoms with E-state index in [1.165, 1.54) is 19.9 Å². The number of rotatable bonds is 3. The van der Waals surface area contributed by atoms with Gasteiger partial charge in [-0.3, -0.25) is 14.4 Å². The van der Waals surface area contributed by atoms with Crippen LogP contribution in [-0.2, 0) is 23.9 Å². The second-order valence-corrected chi connectivity index (χ2v) is 10.9. The first kappa shape index (κ1) is 16.4. The topological polar surface area (TPSA) is 69.7 Å². The normalized spacial score (nSPS) is 18.0. The molecule has 0 radical (unpaired) electrons. The van der Waals surface area contributed by atoms with Gasteiger partial charge in [0.1, 0.15) is 0 Å². The molecule has 5 nitrogen and oxygen atoms in total. The van der Waals surface area contributed by atoms with Crippen LogP contribution in [0.25, 0.3) is 0 Å². The molecule has 0 aromatic rings. The monoisotopic (exact) mass is 296 g/mol. The zero-order valence-corrected chi connectivity index (χ0v) is 13.7. The third-order valence-electron chi connectivity index (χ3n) is 2.85. The number of carbonyl (C=O) groups excluding carboxylic acids is 3. The molecule has 1 aliphatic rings. The molecule has 1 aliphatic carbocycles. The fourth-order valence-corrected chi connectivity index (χ4v) is 3.19. The molecular formula is C14H20O5Si. The van der Waals surface area contributed by atoms with Crippen molar-refractivity contribution in [1.82, 2.24) is 0 Å². The first-order valence-corrected chi connectivity index (χ1v) is 9.83. The van der Waals surface area contributed by atoms with Gasteiger partial charge in [-0.05, 0) is 6.92 Å². The van der Waals surface area contributed by atoms with Crippen molar-refractivity contribution in [1.29, 1.82) is 0 Å². The predicted octanol–water partition coefficient (Wildman–Crippen LogP) is 2.14. The lowest BCUT2D eigenvalue weighted by molar-refractivity contribution is -0.208. The summed E-state index contributed by atoms with van der Waals surface area (Å²) in [4.78, 5) is 34.9. The van der Waals surface area contributed by atoms with Gasteiger partial charge in [-0.15, -0.1) is 0 Å². The van der Waals surface area contributed by atoms with Crippen LogP contribution in [0, 0.1) is 0 Å². The summed E-state index contributed by atoms with van der Waals surface area (Å²) in [6, 6.07) is 0. The van der Waals surface area contributed by atoms with Crippen molar-refractivity contribution >= 4 is 25.8 Å². The minimum Gasteiger partial charge on any atom is -0.411 e. The Kier molecular flexibility index (Phi) is 4.38. The fraction of sp³-hybridized carbons (Fsp3) is 0.500. The van der Waals surface area contributed by atoms with Gasteiger partial charge in [0.25, 0.3) is 0 Å². The summed E-state index contributed by atoms with van der Waals surface area (Å²) in [5.41, 5.74) is 0.410. The number of ketones is 1. The van der Waals surface area contributed by atoms with Crippen LogP contribution in [0.2, 0.25) is 19.6 Å². The molecule has 0 spiro atoms. The second kappa shape index (κ2) is 5.36. The summed E-state index contributed by atoms with van der Waals surface area (Å²) in [5.74, 6) is -3.84. The zero-order valence-electron chi connectivity index (χ0n) is 12.7. The Balaban J connectivity index is 3.43. The van der Waals surface area contributed by atoms with E-state index < -0.39 is 31.6 Å². The maximum absolute atomic E-state index is 12.3. The molecule has 0 aromatic heterocycles. The van der Waals surface area contributed by atoms with Gasteiger partial charge >= 0.3 is 17.7 Å². The van der Waals surface area contributed by atoms with Crippen LogP contribution in [0.15, 0.2) is 22.9 Å². The highest BCUT2D eigenvalue weighted by molar-refractivity contribution is 6.83. The van der Waals surface area contributed by atoms with Crippen molar-refractivity contribution < 1.29 is 23.9 Å². The second-order valence-electron chi connectivity index (χ2n) is 5.86. The molecule has 0 aliphatic heterocycles. The molecule has 0 heterocycles.